The van der Waals surface area contributed by atoms with Crippen LogP contribution in [-0.2, 0) is 16.1 Å². The highest BCUT2D eigenvalue weighted by Crippen LogP contribution is 2.38. The number of benzene rings is 2. The minimum absolute atomic E-state index is 0.0610. The number of carbonyl (C=O) groups excluding carboxylic acids is 2. The number of carbonyl (C=O) groups is 2. The zero-order valence-corrected chi connectivity index (χ0v) is 16.1. The number of nitrogens with one attached hydrogen (secondary N) is 2. The Morgan fingerprint density at radius 2 is 2.15 bits per heavy atom. The number of rotatable bonds is 4. The van der Waals surface area contributed by atoms with E-state index in [0.717, 1.165) is 15.9 Å². The predicted molar refractivity (Wildman–Crippen MR) is 108 cm³/mol. The number of aromatic nitrogens is 2. The van der Waals surface area contributed by atoms with Crippen LogP contribution in [0.15, 0.2) is 47.4 Å². The monoisotopic (exact) mass is 400 g/mol. The van der Waals surface area contributed by atoms with Crippen LogP contribution < -0.4 is 10.6 Å². The van der Waals surface area contributed by atoms with Gasteiger partial charge in [0.2, 0.25) is 17.8 Å². The molecule has 0 saturated carbocycles. The van der Waals surface area contributed by atoms with Gasteiger partial charge in [0, 0.05) is 22.9 Å². The molecular formula is C19H17ClN4O2S. The first-order valence-corrected chi connectivity index (χ1v) is 9.83. The lowest BCUT2D eigenvalue weighted by molar-refractivity contribution is -0.120. The van der Waals surface area contributed by atoms with E-state index in [4.69, 9.17) is 11.6 Å². The van der Waals surface area contributed by atoms with Crippen molar-refractivity contribution < 1.29 is 9.59 Å². The number of hydrogen-bond acceptors (Lipinski definition) is 4. The third kappa shape index (κ3) is 3.52. The minimum atomic E-state index is -0.502. The molecule has 0 bridgehead atoms. The molecule has 2 amide bonds. The third-order valence-corrected chi connectivity index (χ3v) is 5.86. The summed E-state index contributed by atoms with van der Waals surface area (Å²) in [5.74, 6) is 0.0519. The number of amides is 2. The lowest BCUT2D eigenvalue weighted by atomic mass is 10.2. The number of aryl methyl sites for hydroxylation is 1. The van der Waals surface area contributed by atoms with Crippen molar-refractivity contribution in [2.75, 3.05) is 10.6 Å². The van der Waals surface area contributed by atoms with Gasteiger partial charge in [-0.1, -0.05) is 23.7 Å². The van der Waals surface area contributed by atoms with Gasteiger partial charge in [0.1, 0.15) is 0 Å². The van der Waals surface area contributed by atoms with E-state index in [1.807, 2.05) is 41.8 Å². The normalized spacial score (nSPS) is 16.1. The van der Waals surface area contributed by atoms with E-state index in [9.17, 15) is 9.59 Å². The highest BCUT2D eigenvalue weighted by molar-refractivity contribution is 8.01. The van der Waals surface area contributed by atoms with Crippen LogP contribution in [-0.4, -0.2) is 26.6 Å². The summed E-state index contributed by atoms with van der Waals surface area (Å²) < 4.78 is 1.94. The second-order valence-corrected chi connectivity index (χ2v) is 7.84. The van der Waals surface area contributed by atoms with Crippen molar-refractivity contribution in [2.24, 2.45) is 0 Å². The molecule has 0 saturated heterocycles. The Morgan fingerprint density at radius 3 is 2.96 bits per heavy atom. The third-order valence-electron chi connectivity index (χ3n) is 4.35. The number of anilines is 2. The fourth-order valence-corrected chi connectivity index (χ4v) is 4.36. The fraction of sp³-hybridized carbons (Fsp3) is 0.211. The number of halogens is 1. The predicted octanol–water partition coefficient (Wildman–Crippen LogP) is 4.15. The molecule has 0 spiro atoms. The molecule has 2 aromatic carbocycles. The molecule has 1 aliphatic rings. The fourth-order valence-electron chi connectivity index (χ4n) is 3.09. The average molecular weight is 401 g/mol. The van der Waals surface area contributed by atoms with E-state index in [0.29, 0.717) is 23.2 Å². The molecule has 27 heavy (non-hydrogen) atoms. The number of para-hydroxylation sites is 2. The lowest BCUT2D eigenvalue weighted by Crippen LogP contribution is -2.32. The maximum Gasteiger partial charge on any atom is 0.238 e. The quantitative estimate of drug-likeness (QED) is 0.689. The molecule has 6 nitrogen and oxygen atoms in total. The first kappa shape index (κ1) is 17.9. The van der Waals surface area contributed by atoms with Gasteiger partial charge in [-0.05, 0) is 37.3 Å². The molecule has 0 fully saturated rings. The summed E-state index contributed by atoms with van der Waals surface area (Å²) in [6.45, 7) is 2.68. The number of thioether (sulfide) groups is 1. The highest BCUT2D eigenvalue weighted by atomic mass is 35.5. The number of hydrogen-bond donors (Lipinski definition) is 2. The maximum absolute atomic E-state index is 12.6. The van der Waals surface area contributed by atoms with Crippen molar-refractivity contribution in [3.8, 4) is 0 Å². The van der Waals surface area contributed by atoms with Crippen molar-refractivity contribution >= 4 is 57.8 Å². The smallest absolute Gasteiger partial charge is 0.238 e. The van der Waals surface area contributed by atoms with E-state index in [2.05, 4.69) is 15.6 Å². The second-order valence-electron chi connectivity index (χ2n) is 6.16. The number of nitrogens with zero attached hydrogens (tertiary/aromatic N) is 2. The van der Waals surface area contributed by atoms with Gasteiger partial charge in [0.15, 0.2) is 0 Å². The second kappa shape index (κ2) is 7.25. The molecule has 0 unspecified atom stereocenters. The summed E-state index contributed by atoms with van der Waals surface area (Å²) in [4.78, 5) is 30.3. The van der Waals surface area contributed by atoms with Crippen molar-refractivity contribution in [1.82, 2.24) is 9.55 Å². The first-order chi connectivity index (χ1) is 13.0. The van der Waals surface area contributed by atoms with Gasteiger partial charge in [-0.3, -0.25) is 14.9 Å². The summed E-state index contributed by atoms with van der Waals surface area (Å²) in [7, 11) is 0. The Balaban J connectivity index is 1.50. The SMILES string of the molecule is CCn1c(NC(=O)C[C@H]2Sc3ccc(Cl)cc3NC2=O)nc2ccccc21. The Kier molecular flexibility index (Phi) is 4.80. The molecule has 8 heteroatoms. The number of imidazole rings is 1. The van der Waals surface area contributed by atoms with Gasteiger partial charge in [-0.25, -0.2) is 4.98 Å². The summed E-state index contributed by atoms with van der Waals surface area (Å²) in [5, 5.41) is 5.73. The topological polar surface area (TPSA) is 76.0 Å². The van der Waals surface area contributed by atoms with Gasteiger partial charge >= 0.3 is 0 Å². The van der Waals surface area contributed by atoms with Crippen molar-refractivity contribution in [1.29, 1.82) is 0 Å². The Bertz CT molecular complexity index is 1050. The minimum Gasteiger partial charge on any atom is -0.324 e. The maximum atomic E-state index is 12.6. The van der Waals surface area contributed by atoms with Gasteiger partial charge in [0.05, 0.1) is 22.0 Å². The zero-order chi connectivity index (χ0) is 19.0. The molecule has 0 radical (unpaired) electrons. The van der Waals surface area contributed by atoms with Crippen LogP contribution >= 0.6 is 23.4 Å². The van der Waals surface area contributed by atoms with Crippen LogP contribution in [0.4, 0.5) is 11.6 Å². The van der Waals surface area contributed by atoms with Crippen LogP contribution in [0.1, 0.15) is 13.3 Å². The van der Waals surface area contributed by atoms with E-state index in [-0.39, 0.29) is 18.2 Å². The molecule has 0 aliphatic carbocycles. The van der Waals surface area contributed by atoms with Gasteiger partial charge in [-0.2, -0.15) is 0 Å². The van der Waals surface area contributed by atoms with E-state index < -0.39 is 5.25 Å². The molecule has 2 heterocycles. The summed E-state index contributed by atoms with van der Waals surface area (Å²) in [5.41, 5.74) is 2.47. The van der Waals surface area contributed by atoms with Gasteiger partial charge in [0.25, 0.3) is 0 Å². The molecule has 1 aromatic heterocycles. The first-order valence-electron chi connectivity index (χ1n) is 8.57. The van der Waals surface area contributed by atoms with Crippen molar-refractivity contribution in [2.45, 2.75) is 30.0 Å². The van der Waals surface area contributed by atoms with E-state index >= 15 is 0 Å². The molecule has 1 atom stereocenters. The summed E-state index contributed by atoms with van der Waals surface area (Å²) in [6.07, 6.45) is 0.0610. The number of fused-ring (bicyclic) bond motifs is 2. The Morgan fingerprint density at radius 1 is 1.33 bits per heavy atom. The van der Waals surface area contributed by atoms with Crippen LogP contribution in [0.5, 0.6) is 0 Å². The molecule has 1 aliphatic heterocycles. The van der Waals surface area contributed by atoms with Gasteiger partial charge < -0.3 is 9.88 Å². The summed E-state index contributed by atoms with van der Waals surface area (Å²) in [6, 6.07) is 13.1. The lowest BCUT2D eigenvalue weighted by Gasteiger charge is -2.23. The standard InChI is InChI=1S/C19H17ClN4O2S/c1-2-24-14-6-4-3-5-12(14)22-19(24)23-17(25)10-16-18(26)21-13-9-11(20)7-8-15(13)27-16/h3-9,16H,2,10H2,1H3,(H,21,26)(H,22,23,25)/t16-/m1/s1. The van der Waals surface area contributed by atoms with Crippen molar-refractivity contribution in [3.63, 3.8) is 0 Å². The Labute approximate surface area is 165 Å². The van der Waals surface area contributed by atoms with Crippen LogP contribution in [0.2, 0.25) is 5.02 Å². The molecule has 138 valence electrons. The summed E-state index contributed by atoms with van der Waals surface area (Å²) >= 11 is 7.33. The molecular weight excluding hydrogens is 384 g/mol. The van der Waals surface area contributed by atoms with Crippen LogP contribution in [0.25, 0.3) is 11.0 Å². The van der Waals surface area contributed by atoms with E-state index in [1.165, 1.54) is 11.8 Å². The van der Waals surface area contributed by atoms with Gasteiger partial charge in [-0.15, -0.1) is 11.8 Å². The van der Waals surface area contributed by atoms with Crippen molar-refractivity contribution in [3.05, 3.63) is 47.5 Å². The highest BCUT2D eigenvalue weighted by Gasteiger charge is 2.29. The van der Waals surface area contributed by atoms with E-state index in [1.54, 1.807) is 12.1 Å². The molecule has 3 aromatic rings. The van der Waals surface area contributed by atoms with Crippen LogP contribution in [0, 0.1) is 0 Å². The van der Waals surface area contributed by atoms with Crippen LogP contribution in [0.3, 0.4) is 0 Å². The molecule has 2 N–H and O–H groups in total. The largest absolute Gasteiger partial charge is 0.324 e. The average Bonchev–Trinajstić information content (AvgIpc) is 2.99. The zero-order valence-electron chi connectivity index (χ0n) is 14.5. The Hall–Kier alpha value is -2.51. The molecule has 4 rings (SSSR count).